The van der Waals surface area contributed by atoms with E-state index in [-0.39, 0.29) is 39.1 Å². The lowest BCUT2D eigenvalue weighted by Gasteiger charge is -2.41. The Morgan fingerprint density at radius 1 is 1.02 bits per heavy atom. The van der Waals surface area contributed by atoms with E-state index in [0.717, 1.165) is 11.1 Å². The number of alkyl halides is 3. The van der Waals surface area contributed by atoms with E-state index in [1.54, 1.807) is 82.8 Å². The van der Waals surface area contributed by atoms with E-state index in [1.807, 2.05) is 22.3 Å². The molecule has 2 amide bonds. The Balaban J connectivity index is 1.15. The number of aromatic nitrogens is 2. The molecule has 2 aliphatic rings. The summed E-state index contributed by atoms with van der Waals surface area (Å²) in [5, 5.41) is 27.1. The normalized spacial score (nSPS) is 20.5. The van der Waals surface area contributed by atoms with Crippen molar-refractivity contribution in [2.24, 2.45) is 5.92 Å². The fourth-order valence-corrected chi connectivity index (χ4v) is 6.95. The zero-order valence-electron chi connectivity index (χ0n) is 28.8. The third-order valence-corrected chi connectivity index (χ3v) is 9.56. The molecule has 4 N–H and O–H groups in total. The molecule has 1 saturated heterocycles. The molecule has 6 rings (SSSR count). The van der Waals surface area contributed by atoms with Gasteiger partial charge >= 0.3 is 6.18 Å². The summed E-state index contributed by atoms with van der Waals surface area (Å²) in [6.45, 7) is -0.489. The molecule has 0 bridgehead atoms. The van der Waals surface area contributed by atoms with E-state index in [0.29, 0.717) is 30.1 Å². The van der Waals surface area contributed by atoms with Gasteiger partial charge < -0.3 is 30.2 Å². The first-order valence-electron chi connectivity index (χ1n) is 17.4. The van der Waals surface area contributed by atoms with Crippen LogP contribution in [-0.2, 0) is 22.6 Å². The van der Waals surface area contributed by atoms with Crippen LogP contribution in [0.3, 0.4) is 0 Å². The van der Waals surface area contributed by atoms with Gasteiger partial charge in [-0.15, -0.1) is 0 Å². The minimum atomic E-state index is -4.62. The second-order valence-corrected chi connectivity index (χ2v) is 13.5. The summed E-state index contributed by atoms with van der Waals surface area (Å²) in [7, 11) is 0. The summed E-state index contributed by atoms with van der Waals surface area (Å²) in [6, 6.07) is 17.0. The summed E-state index contributed by atoms with van der Waals surface area (Å²) in [5.74, 6) is -1.88. The smallest absolute Gasteiger partial charge is 0.405 e. The van der Waals surface area contributed by atoms with Crippen LogP contribution in [0.4, 0.5) is 17.6 Å². The number of pyridine rings is 1. The number of halogens is 4. The van der Waals surface area contributed by atoms with Crippen molar-refractivity contribution in [1.29, 1.82) is 0 Å². The molecule has 15 heteroatoms. The Kier molecular flexibility index (Phi) is 12.1. The number of aliphatic hydroxyl groups is 2. The Labute approximate surface area is 304 Å². The standard InChI is InChI=1S/C38H42F4N6O5/c39-30-8-2-3-9-31(30)47-13-11-26(20-47)19-46-14-15-48(32(22-46)37(52)44-24-38(40,41)42)21-28(49)17-27(16-25-6-5-12-43-18-25)36(51)45-35-29-7-1-4-10-34(29)53-23-33(35)50/h1-13,18,20,27-28,32-33,35,49-50H,14-17,19,21-24H2,(H,44,52)(H,45,51)/t27-,28+,32+,33?,35+/m1/s1. The quantitative estimate of drug-likeness (QED) is 0.154. The van der Waals surface area contributed by atoms with Gasteiger partial charge in [0.2, 0.25) is 11.8 Å². The number of benzene rings is 2. The Morgan fingerprint density at radius 2 is 1.81 bits per heavy atom. The maximum Gasteiger partial charge on any atom is 0.405 e. The first kappa shape index (κ1) is 37.9. The zero-order chi connectivity index (χ0) is 37.5. The van der Waals surface area contributed by atoms with Crippen molar-refractivity contribution in [3.63, 3.8) is 0 Å². The van der Waals surface area contributed by atoms with Crippen LogP contribution in [-0.4, -0.2) is 105 Å². The first-order chi connectivity index (χ1) is 25.4. The average molecular weight is 739 g/mol. The molecule has 0 aliphatic carbocycles. The van der Waals surface area contributed by atoms with Gasteiger partial charge in [0, 0.05) is 69.0 Å². The van der Waals surface area contributed by atoms with Gasteiger partial charge in [-0.3, -0.25) is 24.4 Å². The van der Waals surface area contributed by atoms with Crippen molar-refractivity contribution < 1.29 is 42.1 Å². The lowest BCUT2D eigenvalue weighted by molar-refractivity contribution is -0.143. The number of aliphatic hydroxyl groups excluding tert-OH is 2. The van der Waals surface area contributed by atoms with Gasteiger partial charge in [0.1, 0.15) is 36.9 Å². The number of amides is 2. The minimum Gasteiger partial charge on any atom is -0.490 e. The van der Waals surface area contributed by atoms with Crippen LogP contribution >= 0.6 is 0 Å². The molecule has 2 aromatic carbocycles. The molecule has 0 radical (unpaired) electrons. The number of β-amino-alcohol motifs (C(OH)–C–C–N with tert-alkyl or cyclic N) is 1. The van der Waals surface area contributed by atoms with Crippen LogP contribution < -0.4 is 15.4 Å². The second kappa shape index (κ2) is 16.9. The molecular formula is C38H42F4N6O5. The third kappa shape index (κ3) is 9.99. The molecule has 53 heavy (non-hydrogen) atoms. The number of ether oxygens (including phenoxy) is 1. The van der Waals surface area contributed by atoms with Gasteiger partial charge in [0.05, 0.1) is 17.8 Å². The molecule has 1 unspecified atom stereocenters. The van der Waals surface area contributed by atoms with Gasteiger partial charge in [0.15, 0.2) is 0 Å². The molecule has 5 atom stereocenters. The zero-order valence-corrected chi connectivity index (χ0v) is 28.8. The number of carbonyl (C=O) groups excluding carboxylic acids is 2. The van der Waals surface area contributed by atoms with E-state index in [2.05, 4.69) is 10.3 Å². The molecular weight excluding hydrogens is 696 g/mol. The molecule has 0 saturated carbocycles. The first-order valence-corrected chi connectivity index (χ1v) is 17.4. The highest BCUT2D eigenvalue weighted by molar-refractivity contribution is 5.82. The van der Waals surface area contributed by atoms with E-state index in [1.165, 1.54) is 6.07 Å². The minimum absolute atomic E-state index is 0.0149. The number of piperazine rings is 1. The number of nitrogens with one attached hydrogen (secondary N) is 2. The van der Waals surface area contributed by atoms with Crippen molar-refractivity contribution >= 4 is 11.8 Å². The number of nitrogens with zero attached hydrogens (tertiary/aromatic N) is 4. The molecule has 0 spiro atoms. The van der Waals surface area contributed by atoms with Gasteiger partial charge in [-0.05, 0) is 54.3 Å². The Morgan fingerprint density at radius 3 is 2.58 bits per heavy atom. The SMILES string of the molecule is O=C(N[C@H]1c2ccccc2OCC1O)[C@H](Cc1cccnc1)C[C@H](O)CN1CCN(Cc2ccn(-c3ccccc3F)c2)C[C@H]1C(=O)NCC(F)(F)F. The molecule has 11 nitrogen and oxygen atoms in total. The van der Waals surface area contributed by atoms with Crippen molar-refractivity contribution in [2.45, 2.75) is 49.9 Å². The van der Waals surface area contributed by atoms with E-state index < -0.39 is 60.6 Å². The fraction of sp³-hybridized carbons (Fsp3) is 0.395. The van der Waals surface area contributed by atoms with Gasteiger partial charge in [0.25, 0.3) is 0 Å². The van der Waals surface area contributed by atoms with Gasteiger partial charge in [-0.1, -0.05) is 36.4 Å². The van der Waals surface area contributed by atoms with Crippen LogP contribution in [0.25, 0.3) is 5.69 Å². The number of carbonyl (C=O) groups is 2. The maximum absolute atomic E-state index is 14.4. The highest BCUT2D eigenvalue weighted by Crippen LogP contribution is 2.32. The van der Waals surface area contributed by atoms with Crippen molar-refractivity contribution in [3.8, 4) is 11.4 Å². The summed E-state index contributed by atoms with van der Waals surface area (Å²) in [5.41, 5.74) is 2.55. The fourth-order valence-electron chi connectivity index (χ4n) is 6.95. The summed E-state index contributed by atoms with van der Waals surface area (Å²) in [4.78, 5) is 34.9. The van der Waals surface area contributed by atoms with Crippen molar-refractivity contribution in [1.82, 2.24) is 30.0 Å². The maximum atomic E-state index is 14.4. The lowest BCUT2D eigenvalue weighted by Crippen LogP contribution is -2.60. The lowest BCUT2D eigenvalue weighted by atomic mass is 9.91. The molecule has 2 aliphatic heterocycles. The molecule has 4 heterocycles. The average Bonchev–Trinajstić information content (AvgIpc) is 3.60. The van der Waals surface area contributed by atoms with Crippen LogP contribution in [0.1, 0.15) is 29.2 Å². The largest absolute Gasteiger partial charge is 0.490 e. The molecule has 282 valence electrons. The number of para-hydroxylation sites is 2. The van der Waals surface area contributed by atoms with Gasteiger partial charge in [-0.25, -0.2) is 4.39 Å². The van der Waals surface area contributed by atoms with E-state index >= 15 is 0 Å². The Hall–Kier alpha value is -4.83. The highest BCUT2D eigenvalue weighted by atomic mass is 19.4. The van der Waals surface area contributed by atoms with Crippen LogP contribution in [0.15, 0.2) is 91.5 Å². The monoisotopic (exact) mass is 738 g/mol. The third-order valence-electron chi connectivity index (χ3n) is 9.56. The predicted octanol–water partition coefficient (Wildman–Crippen LogP) is 3.40. The molecule has 4 aromatic rings. The van der Waals surface area contributed by atoms with E-state index in [9.17, 15) is 37.4 Å². The summed E-state index contributed by atoms with van der Waals surface area (Å²) in [6.07, 6.45) is 0.107. The number of rotatable bonds is 13. The van der Waals surface area contributed by atoms with Crippen molar-refractivity contribution in [3.05, 3.63) is 114 Å². The number of hydrogen-bond acceptors (Lipinski definition) is 8. The topological polar surface area (TPSA) is 132 Å². The van der Waals surface area contributed by atoms with Crippen LogP contribution in [0, 0.1) is 11.7 Å². The molecule has 2 aromatic heterocycles. The Bertz CT molecular complexity index is 1840. The molecule has 1 fully saturated rings. The second-order valence-electron chi connectivity index (χ2n) is 13.5. The van der Waals surface area contributed by atoms with Gasteiger partial charge in [-0.2, -0.15) is 13.2 Å². The van der Waals surface area contributed by atoms with Crippen molar-refractivity contribution in [2.75, 3.05) is 39.3 Å². The van der Waals surface area contributed by atoms with Crippen LogP contribution in [0.2, 0.25) is 0 Å². The summed E-state index contributed by atoms with van der Waals surface area (Å²) < 4.78 is 61.0. The van der Waals surface area contributed by atoms with E-state index in [4.69, 9.17) is 4.74 Å². The predicted molar refractivity (Wildman–Crippen MR) is 186 cm³/mol. The summed E-state index contributed by atoms with van der Waals surface area (Å²) >= 11 is 0. The number of hydrogen-bond donors (Lipinski definition) is 4. The van der Waals surface area contributed by atoms with Crippen LogP contribution in [0.5, 0.6) is 5.75 Å². The number of fused-ring (bicyclic) bond motifs is 1. The highest BCUT2D eigenvalue weighted by Gasteiger charge is 2.38.